The van der Waals surface area contributed by atoms with Crippen molar-refractivity contribution in [3.8, 4) is 0 Å². The normalized spacial score (nSPS) is 18.5. The molecule has 1 heterocycles. The number of hydrogen-bond donors (Lipinski definition) is 1. The van der Waals surface area contributed by atoms with Gasteiger partial charge in [0.05, 0.1) is 5.69 Å². The zero-order valence-corrected chi connectivity index (χ0v) is 10.4. The van der Waals surface area contributed by atoms with Gasteiger partial charge in [-0.1, -0.05) is 6.07 Å². The van der Waals surface area contributed by atoms with Crippen molar-refractivity contribution in [1.29, 1.82) is 0 Å². The predicted molar refractivity (Wildman–Crippen MR) is 65.4 cm³/mol. The highest BCUT2D eigenvalue weighted by atomic mass is 19.4. The van der Waals surface area contributed by atoms with Crippen LogP contribution in [0.15, 0.2) is 18.2 Å². The van der Waals surface area contributed by atoms with Crippen molar-refractivity contribution < 1.29 is 17.6 Å². The SMILES string of the molecule is N[C@H](c1ccc(N2CCCCC2)c(F)c1)C(F)(F)F. The minimum absolute atomic E-state index is 0.245. The lowest BCUT2D eigenvalue weighted by Crippen LogP contribution is -2.31. The molecule has 0 amide bonds. The Bertz CT molecular complexity index is 439. The fraction of sp³-hybridized carbons (Fsp3) is 0.538. The van der Waals surface area contributed by atoms with Crippen molar-refractivity contribution >= 4 is 5.69 Å². The Labute approximate surface area is 109 Å². The quantitative estimate of drug-likeness (QED) is 0.839. The van der Waals surface area contributed by atoms with E-state index in [4.69, 9.17) is 5.73 Å². The first-order valence-corrected chi connectivity index (χ1v) is 6.26. The van der Waals surface area contributed by atoms with Gasteiger partial charge in [0.15, 0.2) is 0 Å². The Morgan fingerprint density at radius 3 is 2.26 bits per heavy atom. The van der Waals surface area contributed by atoms with E-state index in [0.717, 1.165) is 38.4 Å². The summed E-state index contributed by atoms with van der Waals surface area (Å²) in [6.07, 6.45) is -1.50. The van der Waals surface area contributed by atoms with Crippen LogP contribution in [-0.2, 0) is 0 Å². The van der Waals surface area contributed by atoms with E-state index in [1.54, 1.807) is 0 Å². The number of nitrogens with two attached hydrogens (primary N) is 1. The van der Waals surface area contributed by atoms with Crippen molar-refractivity contribution in [3.05, 3.63) is 29.6 Å². The summed E-state index contributed by atoms with van der Waals surface area (Å²) in [4.78, 5) is 1.86. The molecule has 106 valence electrons. The third-order valence-electron chi connectivity index (χ3n) is 3.38. The number of piperidine rings is 1. The average Bonchev–Trinajstić information content (AvgIpc) is 2.37. The molecule has 1 aliphatic heterocycles. The van der Waals surface area contributed by atoms with Gasteiger partial charge in [0, 0.05) is 13.1 Å². The van der Waals surface area contributed by atoms with Gasteiger partial charge in [-0.2, -0.15) is 13.2 Å². The number of benzene rings is 1. The molecule has 2 rings (SSSR count). The maximum atomic E-state index is 13.9. The minimum atomic E-state index is -4.56. The van der Waals surface area contributed by atoms with Crippen molar-refractivity contribution in [2.75, 3.05) is 18.0 Å². The van der Waals surface area contributed by atoms with E-state index in [9.17, 15) is 17.6 Å². The van der Waals surface area contributed by atoms with Crippen LogP contribution in [0.1, 0.15) is 30.9 Å². The van der Waals surface area contributed by atoms with Crippen molar-refractivity contribution in [2.45, 2.75) is 31.5 Å². The van der Waals surface area contributed by atoms with Gasteiger partial charge in [-0.15, -0.1) is 0 Å². The molecule has 0 radical (unpaired) electrons. The Hall–Kier alpha value is -1.30. The minimum Gasteiger partial charge on any atom is -0.369 e. The van der Waals surface area contributed by atoms with Crippen LogP contribution in [0.5, 0.6) is 0 Å². The van der Waals surface area contributed by atoms with Crippen LogP contribution in [0.25, 0.3) is 0 Å². The van der Waals surface area contributed by atoms with Gasteiger partial charge in [-0.25, -0.2) is 4.39 Å². The number of hydrogen-bond acceptors (Lipinski definition) is 2. The number of anilines is 1. The monoisotopic (exact) mass is 276 g/mol. The molecule has 1 aromatic rings. The topological polar surface area (TPSA) is 29.3 Å². The Morgan fingerprint density at radius 2 is 1.74 bits per heavy atom. The standard InChI is InChI=1S/C13H16F4N2/c14-10-8-9(12(18)13(15,16)17)4-5-11(10)19-6-2-1-3-7-19/h4-5,8,12H,1-3,6-7,18H2/t12-/m1/s1. The molecule has 19 heavy (non-hydrogen) atoms. The molecule has 0 unspecified atom stereocenters. The van der Waals surface area contributed by atoms with Gasteiger partial charge in [0.2, 0.25) is 0 Å². The summed E-state index contributed by atoms with van der Waals surface area (Å²) in [7, 11) is 0. The summed E-state index contributed by atoms with van der Waals surface area (Å²) in [5, 5.41) is 0. The van der Waals surface area contributed by atoms with Crippen LogP contribution in [0, 0.1) is 5.82 Å². The number of alkyl halides is 3. The summed E-state index contributed by atoms with van der Waals surface area (Å²) in [6, 6.07) is 1.40. The van der Waals surface area contributed by atoms with Gasteiger partial charge in [0.1, 0.15) is 11.9 Å². The summed E-state index contributed by atoms with van der Waals surface area (Å²) < 4.78 is 51.3. The summed E-state index contributed by atoms with van der Waals surface area (Å²) >= 11 is 0. The molecule has 6 heteroatoms. The van der Waals surface area contributed by atoms with E-state index < -0.39 is 18.0 Å². The van der Waals surface area contributed by atoms with E-state index in [-0.39, 0.29) is 5.56 Å². The first-order chi connectivity index (χ1) is 8.89. The van der Waals surface area contributed by atoms with Crippen LogP contribution in [0.2, 0.25) is 0 Å². The van der Waals surface area contributed by atoms with Gasteiger partial charge < -0.3 is 10.6 Å². The largest absolute Gasteiger partial charge is 0.407 e. The highest BCUT2D eigenvalue weighted by Crippen LogP contribution is 2.33. The summed E-state index contributed by atoms with van der Waals surface area (Å²) in [5.41, 5.74) is 5.18. The number of nitrogens with zero attached hydrogens (tertiary/aromatic N) is 1. The Kier molecular flexibility index (Phi) is 3.99. The Morgan fingerprint density at radius 1 is 1.11 bits per heavy atom. The number of halogens is 4. The van der Waals surface area contributed by atoms with Crippen molar-refractivity contribution in [2.24, 2.45) is 5.73 Å². The first kappa shape index (κ1) is 14.1. The molecule has 0 aliphatic carbocycles. The third-order valence-corrected chi connectivity index (χ3v) is 3.38. The van der Waals surface area contributed by atoms with Crippen LogP contribution >= 0.6 is 0 Å². The molecular weight excluding hydrogens is 260 g/mol. The lowest BCUT2D eigenvalue weighted by Gasteiger charge is -2.29. The van der Waals surface area contributed by atoms with Crippen molar-refractivity contribution in [3.63, 3.8) is 0 Å². The lowest BCUT2D eigenvalue weighted by atomic mass is 10.0. The predicted octanol–water partition coefficient (Wildman–Crippen LogP) is 3.38. The molecule has 0 spiro atoms. The molecule has 0 aromatic heterocycles. The van der Waals surface area contributed by atoms with E-state index in [1.807, 2.05) is 4.90 Å². The maximum Gasteiger partial charge on any atom is 0.407 e. The molecule has 1 saturated heterocycles. The van der Waals surface area contributed by atoms with Crippen LogP contribution < -0.4 is 10.6 Å². The first-order valence-electron chi connectivity index (χ1n) is 6.26. The molecule has 0 bridgehead atoms. The second-order valence-electron chi connectivity index (χ2n) is 4.78. The molecule has 2 N–H and O–H groups in total. The molecule has 1 fully saturated rings. The zero-order valence-electron chi connectivity index (χ0n) is 10.4. The average molecular weight is 276 g/mol. The molecule has 1 aliphatic rings. The second kappa shape index (κ2) is 5.36. The molecule has 0 saturated carbocycles. The Balaban J connectivity index is 2.21. The van der Waals surface area contributed by atoms with Crippen LogP contribution in [0.4, 0.5) is 23.2 Å². The number of rotatable bonds is 2. The van der Waals surface area contributed by atoms with Gasteiger partial charge in [0.25, 0.3) is 0 Å². The van der Waals surface area contributed by atoms with Gasteiger partial charge in [-0.3, -0.25) is 0 Å². The van der Waals surface area contributed by atoms with Gasteiger partial charge in [-0.05, 0) is 37.0 Å². The van der Waals surface area contributed by atoms with E-state index in [2.05, 4.69) is 0 Å². The second-order valence-corrected chi connectivity index (χ2v) is 4.78. The zero-order chi connectivity index (χ0) is 14.0. The van der Waals surface area contributed by atoms with E-state index >= 15 is 0 Å². The summed E-state index contributed by atoms with van der Waals surface area (Å²) in [5.74, 6) is -0.640. The molecule has 1 atom stereocenters. The van der Waals surface area contributed by atoms with Crippen molar-refractivity contribution in [1.82, 2.24) is 0 Å². The smallest absolute Gasteiger partial charge is 0.369 e. The van der Waals surface area contributed by atoms with Gasteiger partial charge >= 0.3 is 6.18 Å². The van der Waals surface area contributed by atoms with E-state index in [1.165, 1.54) is 12.1 Å². The highest BCUT2D eigenvalue weighted by molar-refractivity contribution is 5.50. The van der Waals surface area contributed by atoms with Crippen LogP contribution in [0.3, 0.4) is 0 Å². The van der Waals surface area contributed by atoms with E-state index in [0.29, 0.717) is 5.69 Å². The molecular formula is C13H16F4N2. The fourth-order valence-corrected chi connectivity index (χ4v) is 2.30. The van der Waals surface area contributed by atoms with Crippen LogP contribution in [-0.4, -0.2) is 19.3 Å². The maximum absolute atomic E-state index is 13.9. The summed E-state index contributed by atoms with van der Waals surface area (Å²) in [6.45, 7) is 1.48. The molecule has 1 aromatic carbocycles. The highest BCUT2D eigenvalue weighted by Gasteiger charge is 2.38. The molecule has 2 nitrogen and oxygen atoms in total. The fourth-order valence-electron chi connectivity index (χ4n) is 2.30. The third kappa shape index (κ3) is 3.18. The lowest BCUT2D eigenvalue weighted by molar-refractivity contribution is -0.149.